The third-order valence-corrected chi connectivity index (χ3v) is 5.26. The first-order chi connectivity index (χ1) is 13.3. The van der Waals surface area contributed by atoms with E-state index in [1.807, 2.05) is 36.4 Å². The number of nitrogens with zero attached hydrogens (tertiary/aromatic N) is 2. The van der Waals surface area contributed by atoms with Crippen LogP contribution in [0.4, 0.5) is 0 Å². The predicted octanol–water partition coefficient (Wildman–Crippen LogP) is 2.78. The third kappa shape index (κ3) is 3.40. The number of hydrazone groups is 1. The minimum Gasteiger partial charge on any atom is -0.486 e. The highest BCUT2D eigenvalue weighted by atomic mass is 32.2. The summed E-state index contributed by atoms with van der Waals surface area (Å²) in [6.07, 6.45) is 0. The SMILES string of the molecule is c1cc2c(cc1CN=C1NN=C(c3ccc4c(c3)OCCO4)CS1)OCO2. The Labute approximate surface area is 160 Å². The van der Waals surface area contributed by atoms with Gasteiger partial charge in [-0.3, -0.25) is 10.4 Å². The van der Waals surface area contributed by atoms with Crippen molar-refractivity contribution >= 4 is 22.6 Å². The molecule has 138 valence electrons. The lowest BCUT2D eigenvalue weighted by Gasteiger charge is -2.20. The van der Waals surface area contributed by atoms with Crippen LogP contribution in [0.3, 0.4) is 0 Å². The maximum atomic E-state index is 5.65. The van der Waals surface area contributed by atoms with Crippen molar-refractivity contribution in [3.63, 3.8) is 0 Å². The molecule has 2 aromatic carbocycles. The number of benzene rings is 2. The lowest BCUT2D eigenvalue weighted by molar-refractivity contribution is 0.171. The number of hydrogen-bond donors (Lipinski definition) is 1. The Bertz CT molecular complexity index is 945. The Kier molecular flexibility index (Phi) is 4.25. The van der Waals surface area contributed by atoms with Gasteiger partial charge in [0.15, 0.2) is 28.2 Å². The second-order valence-electron chi connectivity index (χ2n) is 6.13. The molecule has 0 aliphatic carbocycles. The number of hydrogen-bond acceptors (Lipinski definition) is 7. The average molecular weight is 383 g/mol. The number of aliphatic imine (C=N–C) groups is 1. The van der Waals surface area contributed by atoms with Crippen LogP contribution in [0.25, 0.3) is 0 Å². The fraction of sp³-hybridized carbons (Fsp3) is 0.263. The van der Waals surface area contributed by atoms with Gasteiger partial charge in [0.1, 0.15) is 13.2 Å². The van der Waals surface area contributed by atoms with Crippen molar-refractivity contribution in [3.8, 4) is 23.0 Å². The second kappa shape index (κ2) is 7.03. The van der Waals surface area contributed by atoms with E-state index < -0.39 is 0 Å². The zero-order chi connectivity index (χ0) is 18.1. The molecule has 0 amide bonds. The quantitative estimate of drug-likeness (QED) is 0.879. The first-order valence-corrected chi connectivity index (χ1v) is 9.62. The molecule has 0 unspecified atom stereocenters. The molecule has 0 fully saturated rings. The van der Waals surface area contributed by atoms with Crippen molar-refractivity contribution in [1.29, 1.82) is 0 Å². The Balaban J connectivity index is 1.26. The first kappa shape index (κ1) is 16.3. The number of nitrogens with one attached hydrogen (secondary N) is 1. The molecule has 0 saturated carbocycles. The minimum atomic E-state index is 0.280. The summed E-state index contributed by atoms with van der Waals surface area (Å²) in [5, 5.41) is 5.27. The van der Waals surface area contributed by atoms with Gasteiger partial charge in [-0.05, 0) is 35.9 Å². The number of amidine groups is 1. The van der Waals surface area contributed by atoms with Crippen molar-refractivity contribution in [2.24, 2.45) is 10.1 Å². The van der Waals surface area contributed by atoms with Gasteiger partial charge in [0, 0.05) is 11.3 Å². The topological polar surface area (TPSA) is 73.7 Å². The lowest BCUT2D eigenvalue weighted by Crippen LogP contribution is -2.25. The van der Waals surface area contributed by atoms with E-state index in [1.54, 1.807) is 11.8 Å². The highest BCUT2D eigenvalue weighted by molar-refractivity contribution is 8.14. The third-order valence-electron chi connectivity index (χ3n) is 4.35. The van der Waals surface area contributed by atoms with Crippen LogP contribution < -0.4 is 24.4 Å². The highest BCUT2D eigenvalue weighted by Gasteiger charge is 2.18. The van der Waals surface area contributed by atoms with E-state index in [9.17, 15) is 0 Å². The molecular formula is C19H17N3O4S. The molecular weight excluding hydrogens is 366 g/mol. The van der Waals surface area contributed by atoms with Crippen molar-refractivity contribution in [1.82, 2.24) is 5.43 Å². The molecule has 0 atom stereocenters. The normalized spacial score (nSPS) is 18.8. The van der Waals surface area contributed by atoms with E-state index in [0.29, 0.717) is 19.8 Å². The molecule has 0 bridgehead atoms. The van der Waals surface area contributed by atoms with Gasteiger partial charge >= 0.3 is 0 Å². The van der Waals surface area contributed by atoms with Gasteiger partial charge in [-0.15, -0.1) is 0 Å². The van der Waals surface area contributed by atoms with Crippen molar-refractivity contribution in [3.05, 3.63) is 47.5 Å². The van der Waals surface area contributed by atoms with Crippen molar-refractivity contribution < 1.29 is 18.9 Å². The lowest BCUT2D eigenvalue weighted by atomic mass is 10.1. The molecule has 0 radical (unpaired) electrons. The summed E-state index contributed by atoms with van der Waals surface area (Å²) in [5.74, 6) is 3.86. The molecule has 3 aliphatic heterocycles. The Hall–Kier alpha value is -2.87. The van der Waals surface area contributed by atoms with Crippen LogP contribution >= 0.6 is 11.8 Å². The van der Waals surface area contributed by atoms with E-state index in [-0.39, 0.29) is 6.79 Å². The summed E-state index contributed by atoms with van der Waals surface area (Å²) in [7, 11) is 0. The average Bonchev–Trinajstić information content (AvgIpc) is 3.20. The van der Waals surface area contributed by atoms with Crippen LogP contribution in [0.1, 0.15) is 11.1 Å². The highest BCUT2D eigenvalue weighted by Crippen LogP contribution is 2.33. The van der Waals surface area contributed by atoms with Crippen LogP contribution in [0, 0.1) is 0 Å². The molecule has 2 aromatic rings. The fourth-order valence-electron chi connectivity index (χ4n) is 2.97. The van der Waals surface area contributed by atoms with E-state index in [0.717, 1.165) is 50.8 Å². The van der Waals surface area contributed by atoms with Crippen LogP contribution in [0.2, 0.25) is 0 Å². The largest absolute Gasteiger partial charge is 0.486 e. The zero-order valence-electron chi connectivity index (χ0n) is 14.4. The van der Waals surface area contributed by atoms with Crippen molar-refractivity contribution in [2.75, 3.05) is 25.8 Å². The van der Waals surface area contributed by atoms with Crippen LogP contribution in [0.5, 0.6) is 23.0 Å². The van der Waals surface area contributed by atoms with Gasteiger partial charge in [0.25, 0.3) is 0 Å². The van der Waals surface area contributed by atoms with Gasteiger partial charge in [0.05, 0.1) is 12.3 Å². The summed E-state index contributed by atoms with van der Waals surface area (Å²) in [4.78, 5) is 4.60. The number of ether oxygens (including phenoxy) is 4. The number of fused-ring (bicyclic) bond motifs is 2. The van der Waals surface area contributed by atoms with Gasteiger partial charge in [-0.2, -0.15) is 5.10 Å². The van der Waals surface area contributed by atoms with Gasteiger partial charge in [0.2, 0.25) is 6.79 Å². The maximum absolute atomic E-state index is 5.65. The summed E-state index contributed by atoms with van der Waals surface area (Å²) in [6, 6.07) is 11.8. The summed E-state index contributed by atoms with van der Waals surface area (Å²) in [5.41, 5.74) is 6.09. The first-order valence-electron chi connectivity index (χ1n) is 8.63. The smallest absolute Gasteiger partial charge is 0.231 e. The molecule has 0 saturated heterocycles. The standard InChI is InChI=1S/C19H17N3O4S/c1-3-16-17(26-11-25-16)7-12(1)9-20-19-22-21-14(10-27-19)13-2-4-15-18(8-13)24-6-5-23-15/h1-4,7-8H,5-6,9-11H2,(H,20,22). The summed E-state index contributed by atoms with van der Waals surface area (Å²) in [6.45, 7) is 2.00. The van der Waals surface area contributed by atoms with Crippen LogP contribution in [-0.2, 0) is 6.54 Å². The summed E-state index contributed by atoms with van der Waals surface area (Å²) < 4.78 is 21.9. The van der Waals surface area contributed by atoms with Crippen LogP contribution in [-0.4, -0.2) is 36.6 Å². The Morgan fingerprint density at radius 2 is 1.70 bits per heavy atom. The van der Waals surface area contributed by atoms with E-state index in [2.05, 4.69) is 15.5 Å². The molecule has 0 spiro atoms. The predicted molar refractivity (Wildman–Crippen MR) is 103 cm³/mol. The van der Waals surface area contributed by atoms with E-state index >= 15 is 0 Å². The number of thioether (sulfide) groups is 1. The molecule has 0 aromatic heterocycles. The molecule has 3 heterocycles. The van der Waals surface area contributed by atoms with E-state index in [4.69, 9.17) is 18.9 Å². The van der Waals surface area contributed by atoms with Gasteiger partial charge in [-0.25, -0.2) is 0 Å². The monoisotopic (exact) mass is 383 g/mol. The molecule has 7 nitrogen and oxygen atoms in total. The molecule has 8 heteroatoms. The van der Waals surface area contributed by atoms with Crippen LogP contribution in [0.15, 0.2) is 46.5 Å². The van der Waals surface area contributed by atoms with Crippen molar-refractivity contribution in [2.45, 2.75) is 6.54 Å². The zero-order valence-corrected chi connectivity index (χ0v) is 15.3. The second-order valence-corrected chi connectivity index (χ2v) is 7.09. The molecule has 27 heavy (non-hydrogen) atoms. The Morgan fingerprint density at radius 3 is 2.59 bits per heavy atom. The maximum Gasteiger partial charge on any atom is 0.231 e. The minimum absolute atomic E-state index is 0.280. The Morgan fingerprint density at radius 1 is 0.926 bits per heavy atom. The molecule has 3 aliphatic rings. The van der Waals surface area contributed by atoms with Gasteiger partial charge < -0.3 is 18.9 Å². The molecule has 1 N–H and O–H groups in total. The number of rotatable bonds is 3. The summed E-state index contributed by atoms with van der Waals surface area (Å²) >= 11 is 1.63. The van der Waals surface area contributed by atoms with E-state index in [1.165, 1.54) is 0 Å². The molecule has 5 rings (SSSR count). The fourth-order valence-corrected chi connectivity index (χ4v) is 3.74. The van der Waals surface area contributed by atoms with Gasteiger partial charge in [-0.1, -0.05) is 17.8 Å².